The highest BCUT2D eigenvalue weighted by atomic mass is 32.2. The molecule has 1 N–H and O–H groups in total. The third-order valence-electron chi connectivity index (χ3n) is 4.85. The first-order valence-electron chi connectivity index (χ1n) is 10.1. The zero-order valence-corrected chi connectivity index (χ0v) is 18.9. The van der Waals surface area contributed by atoms with Crippen LogP contribution in [0.15, 0.2) is 71.2 Å². The Balaban J connectivity index is 1.37. The molecule has 1 unspecified atom stereocenters. The van der Waals surface area contributed by atoms with Crippen LogP contribution in [0, 0.1) is 0 Å². The van der Waals surface area contributed by atoms with Gasteiger partial charge < -0.3 is 14.8 Å². The predicted octanol–water partition coefficient (Wildman–Crippen LogP) is 4.89. The number of fused-ring (bicyclic) bond motifs is 1. The van der Waals surface area contributed by atoms with Crippen LogP contribution < -0.4 is 14.8 Å². The number of benzene rings is 2. The van der Waals surface area contributed by atoms with E-state index in [0.717, 1.165) is 16.4 Å². The zero-order valence-electron chi connectivity index (χ0n) is 17.2. The number of thiophene rings is 1. The maximum atomic E-state index is 12.9. The summed E-state index contributed by atoms with van der Waals surface area (Å²) in [5, 5.41) is 14.0. The van der Waals surface area contributed by atoms with Crippen LogP contribution in [-0.2, 0) is 4.79 Å². The van der Waals surface area contributed by atoms with Gasteiger partial charge in [0.15, 0.2) is 22.5 Å². The fraction of sp³-hybridized carbons (Fsp3) is 0.174. The summed E-state index contributed by atoms with van der Waals surface area (Å²) in [4.78, 5) is 13.9. The van der Waals surface area contributed by atoms with Crippen molar-refractivity contribution in [3.05, 3.63) is 66.0 Å². The number of para-hydroxylation sites is 1. The number of nitrogens with one attached hydrogen (secondary N) is 1. The molecule has 1 atom stereocenters. The number of thioether (sulfide) groups is 1. The molecule has 1 amide bonds. The van der Waals surface area contributed by atoms with Crippen molar-refractivity contribution < 1.29 is 14.3 Å². The smallest absolute Gasteiger partial charge is 0.237 e. The Morgan fingerprint density at radius 2 is 1.88 bits per heavy atom. The van der Waals surface area contributed by atoms with Crippen molar-refractivity contribution in [2.75, 3.05) is 18.5 Å². The lowest BCUT2D eigenvalue weighted by Gasteiger charge is -2.19. The first-order chi connectivity index (χ1) is 15.7. The van der Waals surface area contributed by atoms with Gasteiger partial charge in [0, 0.05) is 17.4 Å². The summed E-state index contributed by atoms with van der Waals surface area (Å²) < 4.78 is 13.1. The van der Waals surface area contributed by atoms with Crippen LogP contribution in [0.25, 0.3) is 16.4 Å². The summed E-state index contributed by atoms with van der Waals surface area (Å²) in [5.41, 5.74) is 1.61. The summed E-state index contributed by atoms with van der Waals surface area (Å²) in [6, 6.07) is 19.3. The second-order valence-electron chi connectivity index (χ2n) is 7.06. The molecule has 32 heavy (non-hydrogen) atoms. The van der Waals surface area contributed by atoms with Crippen LogP contribution >= 0.6 is 23.1 Å². The largest absolute Gasteiger partial charge is 0.486 e. The SMILES string of the molecule is CC(Sc1nnc(-c2cccs2)n1-c1ccccc1)C(=O)Nc1ccc2c(c1)OCCO2. The number of anilines is 1. The Labute approximate surface area is 193 Å². The minimum atomic E-state index is -0.397. The standard InChI is InChI=1S/C23H20N4O3S2/c1-15(22(28)24-16-9-10-18-19(14-16)30-12-11-29-18)32-23-26-25-21(20-8-5-13-31-20)27(23)17-6-3-2-4-7-17/h2-10,13-15H,11-12H2,1H3,(H,24,28). The molecule has 4 aromatic rings. The molecule has 0 bridgehead atoms. The number of hydrogen-bond acceptors (Lipinski definition) is 7. The molecule has 0 saturated heterocycles. The van der Waals surface area contributed by atoms with Crippen molar-refractivity contribution in [3.63, 3.8) is 0 Å². The van der Waals surface area contributed by atoms with E-state index in [0.29, 0.717) is 35.6 Å². The molecule has 7 nitrogen and oxygen atoms in total. The summed E-state index contributed by atoms with van der Waals surface area (Å²) in [5.74, 6) is 1.95. The Hall–Kier alpha value is -3.30. The van der Waals surface area contributed by atoms with Gasteiger partial charge in [-0.3, -0.25) is 9.36 Å². The average molecular weight is 465 g/mol. The third kappa shape index (κ3) is 4.21. The molecule has 3 heterocycles. The zero-order chi connectivity index (χ0) is 21.9. The lowest BCUT2D eigenvalue weighted by molar-refractivity contribution is -0.115. The lowest BCUT2D eigenvalue weighted by Crippen LogP contribution is -2.23. The molecule has 5 rings (SSSR count). The van der Waals surface area contributed by atoms with Crippen LogP contribution in [-0.4, -0.2) is 39.1 Å². The molecular formula is C23H20N4O3S2. The first kappa shape index (κ1) is 20.6. The van der Waals surface area contributed by atoms with E-state index in [-0.39, 0.29) is 5.91 Å². The quantitative estimate of drug-likeness (QED) is 0.410. The number of carbonyl (C=O) groups is 1. The van der Waals surface area contributed by atoms with E-state index in [4.69, 9.17) is 9.47 Å². The van der Waals surface area contributed by atoms with Gasteiger partial charge >= 0.3 is 0 Å². The van der Waals surface area contributed by atoms with E-state index in [9.17, 15) is 4.79 Å². The number of ether oxygens (including phenoxy) is 2. The van der Waals surface area contributed by atoms with Gasteiger partial charge in [-0.05, 0) is 42.6 Å². The van der Waals surface area contributed by atoms with Gasteiger partial charge in [-0.2, -0.15) is 0 Å². The van der Waals surface area contributed by atoms with Crippen LogP contribution in [0.5, 0.6) is 11.5 Å². The Morgan fingerprint density at radius 3 is 2.66 bits per heavy atom. The van der Waals surface area contributed by atoms with Gasteiger partial charge in [-0.15, -0.1) is 21.5 Å². The first-order valence-corrected chi connectivity index (χ1v) is 11.9. The fourth-order valence-electron chi connectivity index (χ4n) is 3.30. The van der Waals surface area contributed by atoms with E-state index in [1.807, 2.05) is 65.4 Å². The maximum Gasteiger partial charge on any atom is 0.237 e. The Kier molecular flexibility index (Phi) is 5.83. The van der Waals surface area contributed by atoms with Gasteiger partial charge in [0.1, 0.15) is 13.2 Å². The normalized spacial score (nSPS) is 13.5. The maximum absolute atomic E-state index is 12.9. The lowest BCUT2D eigenvalue weighted by atomic mass is 10.2. The number of hydrogen-bond donors (Lipinski definition) is 1. The number of nitrogens with zero attached hydrogens (tertiary/aromatic N) is 3. The Morgan fingerprint density at radius 1 is 1.06 bits per heavy atom. The van der Waals surface area contributed by atoms with Gasteiger partial charge in [0.2, 0.25) is 5.91 Å². The topological polar surface area (TPSA) is 78.3 Å². The van der Waals surface area contributed by atoms with Gasteiger partial charge in [0.05, 0.1) is 10.1 Å². The fourth-order valence-corrected chi connectivity index (χ4v) is 4.86. The molecule has 0 spiro atoms. The van der Waals surface area contributed by atoms with Crippen LogP contribution in [0.3, 0.4) is 0 Å². The van der Waals surface area contributed by atoms with E-state index in [1.165, 1.54) is 11.8 Å². The van der Waals surface area contributed by atoms with Crippen LogP contribution in [0.4, 0.5) is 5.69 Å². The molecule has 1 aliphatic rings. The van der Waals surface area contributed by atoms with Crippen molar-refractivity contribution in [3.8, 4) is 27.9 Å². The van der Waals surface area contributed by atoms with Gasteiger partial charge in [-0.25, -0.2) is 0 Å². The van der Waals surface area contributed by atoms with Gasteiger partial charge in [-0.1, -0.05) is 36.0 Å². The third-order valence-corrected chi connectivity index (χ3v) is 6.76. The van der Waals surface area contributed by atoms with Crippen molar-refractivity contribution in [2.45, 2.75) is 17.3 Å². The van der Waals surface area contributed by atoms with Crippen LogP contribution in [0.1, 0.15) is 6.92 Å². The molecule has 162 valence electrons. The molecule has 0 saturated carbocycles. The van der Waals surface area contributed by atoms with E-state index in [1.54, 1.807) is 23.5 Å². The summed E-state index contributed by atoms with van der Waals surface area (Å²) in [7, 11) is 0. The molecule has 2 aromatic heterocycles. The van der Waals surface area contributed by atoms with E-state index < -0.39 is 5.25 Å². The minimum Gasteiger partial charge on any atom is -0.486 e. The second-order valence-corrected chi connectivity index (χ2v) is 9.32. The highest BCUT2D eigenvalue weighted by molar-refractivity contribution is 8.00. The van der Waals surface area contributed by atoms with Crippen molar-refractivity contribution in [1.82, 2.24) is 14.8 Å². The van der Waals surface area contributed by atoms with E-state index in [2.05, 4.69) is 15.5 Å². The number of amides is 1. The summed E-state index contributed by atoms with van der Waals surface area (Å²) in [6.45, 7) is 2.88. The molecule has 0 aliphatic carbocycles. The molecule has 0 fully saturated rings. The number of carbonyl (C=O) groups excluding carboxylic acids is 1. The predicted molar refractivity (Wildman–Crippen MR) is 126 cm³/mol. The summed E-state index contributed by atoms with van der Waals surface area (Å²) >= 11 is 2.97. The van der Waals surface area contributed by atoms with Gasteiger partial charge in [0.25, 0.3) is 0 Å². The van der Waals surface area contributed by atoms with Crippen molar-refractivity contribution in [1.29, 1.82) is 0 Å². The van der Waals surface area contributed by atoms with Crippen LogP contribution in [0.2, 0.25) is 0 Å². The second kappa shape index (κ2) is 9.05. The molecule has 0 radical (unpaired) electrons. The molecule has 9 heteroatoms. The molecular weight excluding hydrogens is 444 g/mol. The monoisotopic (exact) mass is 464 g/mol. The Bertz CT molecular complexity index is 1230. The van der Waals surface area contributed by atoms with Crippen molar-refractivity contribution >= 4 is 34.7 Å². The molecule has 1 aliphatic heterocycles. The summed E-state index contributed by atoms with van der Waals surface area (Å²) in [6.07, 6.45) is 0. The van der Waals surface area contributed by atoms with E-state index >= 15 is 0 Å². The number of rotatable bonds is 6. The van der Waals surface area contributed by atoms with Crippen molar-refractivity contribution in [2.24, 2.45) is 0 Å². The average Bonchev–Trinajstić information content (AvgIpc) is 3.49. The highest BCUT2D eigenvalue weighted by Crippen LogP contribution is 2.34. The number of aromatic nitrogens is 3. The molecule has 2 aromatic carbocycles. The minimum absolute atomic E-state index is 0.132. The highest BCUT2D eigenvalue weighted by Gasteiger charge is 2.23.